The van der Waals surface area contributed by atoms with E-state index >= 15 is 0 Å². The summed E-state index contributed by atoms with van der Waals surface area (Å²) in [4.78, 5) is 33.7. The van der Waals surface area contributed by atoms with Gasteiger partial charge in [-0.2, -0.15) is 0 Å². The van der Waals surface area contributed by atoms with Crippen LogP contribution < -0.4 is 4.74 Å². The van der Waals surface area contributed by atoms with Gasteiger partial charge in [-0.05, 0) is 102 Å². The van der Waals surface area contributed by atoms with Crippen molar-refractivity contribution in [3.8, 4) is 5.75 Å². The number of likely N-dealkylation sites (tertiary alicyclic amines) is 2. The lowest BCUT2D eigenvalue weighted by atomic mass is 9.84. The van der Waals surface area contributed by atoms with Gasteiger partial charge in [-0.25, -0.2) is 9.97 Å². The smallest absolute Gasteiger partial charge is 0.257 e. The van der Waals surface area contributed by atoms with Gasteiger partial charge in [0.25, 0.3) is 5.91 Å². The minimum absolute atomic E-state index is 0.0830. The molecule has 0 saturated carbocycles. The van der Waals surface area contributed by atoms with Crippen LogP contribution in [0.25, 0.3) is 0 Å². The Hall–Kier alpha value is -2.85. The molecular weight excluding hydrogens is 581 g/mol. The first kappa shape index (κ1) is 32.1. The van der Waals surface area contributed by atoms with Gasteiger partial charge in [0, 0.05) is 61.8 Å². The summed E-state index contributed by atoms with van der Waals surface area (Å²) in [7, 11) is 1.72. The molecular formula is C36H50N6O2S. The number of amides is 1. The highest BCUT2D eigenvalue weighted by atomic mass is 32.1. The largest absolute Gasteiger partial charge is 0.497 e. The number of benzene rings is 1. The average Bonchev–Trinajstić information content (AvgIpc) is 3.58. The third kappa shape index (κ3) is 6.97. The molecule has 3 fully saturated rings. The van der Waals surface area contributed by atoms with Crippen molar-refractivity contribution in [2.45, 2.75) is 77.5 Å². The molecule has 8 nitrogen and oxygen atoms in total. The fraction of sp³-hybridized carbons (Fsp3) is 0.583. The summed E-state index contributed by atoms with van der Waals surface area (Å²) in [6.45, 7) is 16.8. The second-order valence-electron chi connectivity index (χ2n) is 13.7. The van der Waals surface area contributed by atoms with Crippen molar-refractivity contribution in [3.63, 3.8) is 0 Å². The van der Waals surface area contributed by atoms with Gasteiger partial charge < -0.3 is 9.64 Å². The van der Waals surface area contributed by atoms with Gasteiger partial charge in [-0.3, -0.25) is 19.5 Å². The summed E-state index contributed by atoms with van der Waals surface area (Å²) >= 11 is 1.93. The van der Waals surface area contributed by atoms with Crippen molar-refractivity contribution in [1.82, 2.24) is 29.6 Å². The molecule has 3 aliphatic heterocycles. The number of carbonyl (C=O) groups is 1. The van der Waals surface area contributed by atoms with Crippen LogP contribution in [0.5, 0.6) is 5.75 Å². The zero-order chi connectivity index (χ0) is 31.6. The molecule has 0 N–H and O–H groups in total. The molecule has 5 heterocycles. The van der Waals surface area contributed by atoms with Crippen LogP contribution in [0.1, 0.15) is 77.8 Å². The second kappa shape index (κ2) is 13.9. The van der Waals surface area contributed by atoms with Crippen molar-refractivity contribution in [2.24, 2.45) is 5.92 Å². The zero-order valence-corrected chi connectivity index (χ0v) is 28.6. The van der Waals surface area contributed by atoms with Crippen LogP contribution >= 0.6 is 11.3 Å². The zero-order valence-electron chi connectivity index (χ0n) is 27.7. The van der Waals surface area contributed by atoms with E-state index in [1.165, 1.54) is 23.3 Å². The van der Waals surface area contributed by atoms with Gasteiger partial charge >= 0.3 is 0 Å². The molecule has 2 atom stereocenters. The average molecular weight is 631 g/mol. The highest BCUT2D eigenvalue weighted by Gasteiger charge is 2.43. The number of piperazine rings is 1. The fourth-order valence-electron chi connectivity index (χ4n) is 7.99. The summed E-state index contributed by atoms with van der Waals surface area (Å²) in [5, 5.41) is 2.25. The number of thiophene rings is 1. The number of ether oxygens (including phenoxy) is 1. The maximum atomic E-state index is 13.4. The molecule has 1 amide bonds. The molecule has 3 aliphatic rings. The first-order valence-corrected chi connectivity index (χ1v) is 17.6. The summed E-state index contributed by atoms with van der Waals surface area (Å²) in [6, 6.07) is 14.1. The van der Waals surface area contributed by atoms with E-state index in [9.17, 15) is 4.79 Å². The SMILES string of the molecule is COc1ccc(CN2CCC([C@H](c3cccs3)N3CCN(C4(C)CCN(C(=O)c5c(C)ncnc5C)CC4)C[C@@H]3C)CC2)cc1. The third-order valence-corrected chi connectivity index (χ3v) is 11.8. The van der Waals surface area contributed by atoms with E-state index in [1.807, 2.05) is 30.1 Å². The monoisotopic (exact) mass is 630 g/mol. The highest BCUT2D eigenvalue weighted by molar-refractivity contribution is 7.10. The lowest BCUT2D eigenvalue weighted by molar-refractivity contribution is -0.0432. The number of methoxy groups -OCH3 is 1. The normalized spacial score (nSPS) is 22.8. The van der Waals surface area contributed by atoms with Crippen molar-refractivity contribution in [2.75, 3.05) is 52.9 Å². The Balaban J connectivity index is 1.06. The quantitative estimate of drug-likeness (QED) is 0.311. The summed E-state index contributed by atoms with van der Waals surface area (Å²) in [5.41, 5.74) is 3.69. The minimum atomic E-state index is 0.0830. The Morgan fingerprint density at radius 3 is 2.29 bits per heavy atom. The summed E-state index contributed by atoms with van der Waals surface area (Å²) < 4.78 is 5.34. The first-order valence-electron chi connectivity index (χ1n) is 16.7. The van der Waals surface area contributed by atoms with Crippen molar-refractivity contribution in [3.05, 3.63) is 75.5 Å². The number of hydrogen-bond acceptors (Lipinski definition) is 8. The number of aryl methyl sites for hydroxylation is 2. The van der Waals surface area contributed by atoms with E-state index in [0.717, 1.165) is 82.3 Å². The summed E-state index contributed by atoms with van der Waals surface area (Å²) in [5.74, 6) is 1.67. The molecule has 9 heteroatoms. The third-order valence-electron chi connectivity index (χ3n) is 10.8. The predicted octanol–water partition coefficient (Wildman–Crippen LogP) is 5.82. The summed E-state index contributed by atoms with van der Waals surface area (Å²) in [6.07, 6.45) is 6.01. The van der Waals surface area contributed by atoms with E-state index in [4.69, 9.17) is 4.74 Å². The maximum absolute atomic E-state index is 13.4. The number of nitrogens with zero attached hydrogens (tertiary/aromatic N) is 6. The fourth-order valence-corrected chi connectivity index (χ4v) is 8.92. The first-order chi connectivity index (χ1) is 21.8. The van der Waals surface area contributed by atoms with Gasteiger partial charge in [0.05, 0.1) is 24.1 Å². The Kier molecular flexibility index (Phi) is 9.90. The topological polar surface area (TPSA) is 65.0 Å². The Morgan fingerprint density at radius 1 is 1.00 bits per heavy atom. The Bertz CT molecular complexity index is 1390. The number of hydrogen-bond donors (Lipinski definition) is 0. The van der Waals surface area contributed by atoms with Crippen molar-refractivity contribution < 1.29 is 9.53 Å². The second-order valence-corrected chi connectivity index (χ2v) is 14.6. The number of piperidine rings is 2. The Morgan fingerprint density at radius 2 is 1.69 bits per heavy atom. The molecule has 3 saturated heterocycles. The van der Waals surface area contributed by atoms with Crippen LogP contribution in [-0.4, -0.2) is 100.0 Å². The lowest BCUT2D eigenvalue weighted by Crippen LogP contribution is -2.62. The van der Waals surface area contributed by atoms with Crippen LogP contribution in [0.15, 0.2) is 48.1 Å². The predicted molar refractivity (Wildman–Crippen MR) is 181 cm³/mol. The standard InChI is InChI=1S/C36H50N6O2S/c1-26-23-41(36(4)14-18-40(19-15-36)35(43)33-27(2)37-25-38-28(33)3)20-21-42(26)34(32-7-6-22-45-32)30-12-16-39(17-13-30)24-29-8-10-31(44-5)11-9-29/h6-11,22,25-26,30,34H,12-21,23-24H2,1-5H3/t26-,34+/m0/s1. The van der Waals surface area contributed by atoms with Crippen molar-refractivity contribution >= 4 is 17.2 Å². The van der Waals surface area contributed by atoms with Gasteiger partial charge in [-0.15, -0.1) is 11.3 Å². The Labute approximate surface area is 273 Å². The van der Waals surface area contributed by atoms with Gasteiger partial charge in [-0.1, -0.05) is 18.2 Å². The van der Waals surface area contributed by atoms with E-state index in [0.29, 0.717) is 23.6 Å². The van der Waals surface area contributed by atoms with Gasteiger partial charge in [0.1, 0.15) is 12.1 Å². The maximum Gasteiger partial charge on any atom is 0.257 e. The van der Waals surface area contributed by atoms with Crippen LogP contribution in [0.3, 0.4) is 0 Å². The minimum Gasteiger partial charge on any atom is -0.497 e. The van der Waals surface area contributed by atoms with E-state index in [-0.39, 0.29) is 11.4 Å². The number of aromatic nitrogens is 2. The van der Waals surface area contributed by atoms with E-state index in [2.05, 4.69) is 80.3 Å². The van der Waals surface area contributed by atoms with Crippen LogP contribution in [-0.2, 0) is 6.54 Å². The molecule has 0 bridgehead atoms. The molecule has 2 aromatic heterocycles. The molecule has 6 rings (SSSR count). The number of rotatable bonds is 8. The molecule has 0 radical (unpaired) electrons. The van der Waals surface area contributed by atoms with E-state index in [1.54, 1.807) is 13.4 Å². The molecule has 3 aromatic rings. The molecule has 0 unspecified atom stereocenters. The molecule has 0 aliphatic carbocycles. The molecule has 0 spiro atoms. The molecule has 1 aromatic carbocycles. The van der Waals surface area contributed by atoms with Gasteiger partial charge in [0.15, 0.2) is 0 Å². The van der Waals surface area contributed by atoms with Crippen LogP contribution in [0.2, 0.25) is 0 Å². The van der Waals surface area contributed by atoms with Crippen LogP contribution in [0.4, 0.5) is 0 Å². The highest BCUT2D eigenvalue weighted by Crippen LogP contribution is 2.41. The molecule has 242 valence electrons. The van der Waals surface area contributed by atoms with E-state index < -0.39 is 0 Å². The molecule has 45 heavy (non-hydrogen) atoms. The lowest BCUT2D eigenvalue weighted by Gasteiger charge is -2.54. The van der Waals surface area contributed by atoms with Gasteiger partial charge in [0.2, 0.25) is 0 Å². The van der Waals surface area contributed by atoms with Crippen molar-refractivity contribution in [1.29, 1.82) is 0 Å². The number of carbonyl (C=O) groups excluding carboxylic acids is 1. The van der Waals surface area contributed by atoms with Crippen LogP contribution in [0, 0.1) is 19.8 Å².